The van der Waals surface area contributed by atoms with Gasteiger partial charge in [0.25, 0.3) is 5.89 Å². The van der Waals surface area contributed by atoms with Gasteiger partial charge >= 0.3 is 5.97 Å². The number of hydrogen-bond donors (Lipinski definition) is 0. The number of carbonyl (C=O) groups is 1. The highest BCUT2D eigenvalue weighted by molar-refractivity contribution is 7.14. The van der Waals surface area contributed by atoms with Crippen LogP contribution in [0, 0.1) is 5.92 Å². The highest BCUT2D eigenvalue weighted by Gasteiger charge is 2.21. The number of nitrogens with zero attached hydrogens (tertiary/aromatic N) is 2. The molecule has 0 aliphatic heterocycles. The van der Waals surface area contributed by atoms with Gasteiger partial charge in [-0.05, 0) is 48.9 Å². The van der Waals surface area contributed by atoms with Crippen LogP contribution in [-0.2, 0) is 24.2 Å². The third-order valence-corrected chi connectivity index (χ3v) is 5.56. The molecule has 1 atom stereocenters. The SMILES string of the molecule is C[C@@H]1CCc2sc(C(=O)OCc3nnc(-c4ccccc4)o3)cc2C1. The van der Waals surface area contributed by atoms with Gasteiger partial charge in [-0.1, -0.05) is 25.1 Å². The van der Waals surface area contributed by atoms with Crippen molar-refractivity contribution >= 4 is 17.3 Å². The van der Waals surface area contributed by atoms with Crippen LogP contribution in [0.25, 0.3) is 11.5 Å². The van der Waals surface area contributed by atoms with Crippen LogP contribution in [0.4, 0.5) is 0 Å². The van der Waals surface area contributed by atoms with Crippen molar-refractivity contribution in [1.29, 1.82) is 0 Å². The second-order valence-corrected chi connectivity index (χ2v) is 7.49. The molecular formula is C19H18N2O3S. The first-order valence-electron chi connectivity index (χ1n) is 8.35. The molecule has 3 aromatic rings. The Balaban J connectivity index is 1.40. The number of ether oxygens (including phenoxy) is 1. The van der Waals surface area contributed by atoms with E-state index in [0.717, 1.165) is 18.4 Å². The van der Waals surface area contributed by atoms with Crippen LogP contribution in [0.15, 0.2) is 40.8 Å². The van der Waals surface area contributed by atoms with E-state index in [1.54, 1.807) is 11.3 Å². The molecule has 1 aromatic carbocycles. The second-order valence-electron chi connectivity index (χ2n) is 6.35. The fourth-order valence-corrected chi connectivity index (χ4v) is 4.12. The van der Waals surface area contributed by atoms with Crippen LogP contribution in [0.5, 0.6) is 0 Å². The summed E-state index contributed by atoms with van der Waals surface area (Å²) in [6, 6.07) is 11.5. The lowest BCUT2D eigenvalue weighted by Crippen LogP contribution is -2.08. The maximum Gasteiger partial charge on any atom is 0.348 e. The van der Waals surface area contributed by atoms with E-state index in [9.17, 15) is 4.79 Å². The molecule has 0 saturated heterocycles. The first kappa shape index (κ1) is 16.0. The molecule has 2 aromatic heterocycles. The van der Waals surface area contributed by atoms with E-state index in [-0.39, 0.29) is 12.6 Å². The van der Waals surface area contributed by atoms with Crippen molar-refractivity contribution in [2.75, 3.05) is 0 Å². The zero-order valence-corrected chi connectivity index (χ0v) is 14.7. The van der Waals surface area contributed by atoms with Gasteiger partial charge in [0, 0.05) is 10.4 Å². The molecule has 0 radical (unpaired) electrons. The Hall–Kier alpha value is -2.47. The predicted molar refractivity (Wildman–Crippen MR) is 94.4 cm³/mol. The van der Waals surface area contributed by atoms with Gasteiger partial charge in [-0.25, -0.2) is 4.79 Å². The molecule has 0 amide bonds. The molecule has 1 aliphatic carbocycles. The summed E-state index contributed by atoms with van der Waals surface area (Å²) in [5, 5.41) is 7.94. The van der Waals surface area contributed by atoms with Gasteiger partial charge in [0.05, 0.1) is 0 Å². The monoisotopic (exact) mass is 354 g/mol. The van der Waals surface area contributed by atoms with Crippen molar-refractivity contribution in [3.63, 3.8) is 0 Å². The maximum atomic E-state index is 12.3. The molecule has 0 spiro atoms. The normalized spacial score (nSPS) is 16.4. The van der Waals surface area contributed by atoms with E-state index >= 15 is 0 Å². The van der Waals surface area contributed by atoms with Crippen LogP contribution in [0.3, 0.4) is 0 Å². The van der Waals surface area contributed by atoms with Gasteiger partial charge in [0.15, 0.2) is 6.61 Å². The molecule has 0 bridgehead atoms. The summed E-state index contributed by atoms with van der Waals surface area (Å²) < 4.78 is 10.9. The number of benzene rings is 1. The molecule has 5 nitrogen and oxygen atoms in total. The minimum atomic E-state index is -0.327. The Labute approximate surface area is 149 Å². The molecule has 128 valence electrons. The van der Waals surface area contributed by atoms with E-state index in [4.69, 9.17) is 9.15 Å². The fourth-order valence-electron chi connectivity index (χ4n) is 3.01. The van der Waals surface area contributed by atoms with Crippen LogP contribution in [0.2, 0.25) is 0 Å². The summed E-state index contributed by atoms with van der Waals surface area (Å²) in [5.74, 6) is 1.07. The molecule has 2 heterocycles. The predicted octanol–water partition coefficient (Wildman–Crippen LogP) is 4.28. The number of rotatable bonds is 4. The molecule has 0 unspecified atom stereocenters. The highest BCUT2D eigenvalue weighted by Crippen LogP contribution is 2.32. The molecule has 1 aliphatic rings. The molecule has 4 rings (SSSR count). The van der Waals surface area contributed by atoms with E-state index in [2.05, 4.69) is 17.1 Å². The standard InChI is InChI=1S/C19H18N2O3S/c1-12-7-8-15-14(9-12)10-16(25-15)19(22)23-11-17-20-21-18(24-17)13-5-3-2-4-6-13/h2-6,10,12H,7-9,11H2,1H3/t12-/m1/s1. The number of thiophene rings is 1. The van der Waals surface area contributed by atoms with E-state index in [0.29, 0.717) is 22.6 Å². The van der Waals surface area contributed by atoms with Crippen molar-refractivity contribution < 1.29 is 13.9 Å². The molecule has 6 heteroatoms. The first-order chi connectivity index (χ1) is 12.2. The number of carbonyl (C=O) groups excluding carboxylic acids is 1. The first-order valence-corrected chi connectivity index (χ1v) is 9.17. The average Bonchev–Trinajstić information content (AvgIpc) is 3.27. The quantitative estimate of drug-likeness (QED) is 0.654. The average molecular weight is 354 g/mol. The van der Waals surface area contributed by atoms with Crippen molar-refractivity contribution in [3.8, 4) is 11.5 Å². The molecule has 0 saturated carbocycles. The second kappa shape index (κ2) is 6.80. The summed E-state index contributed by atoms with van der Waals surface area (Å²) in [4.78, 5) is 14.3. The third kappa shape index (κ3) is 3.49. The maximum absolute atomic E-state index is 12.3. The van der Waals surface area contributed by atoms with Crippen molar-refractivity contribution in [3.05, 3.63) is 57.6 Å². The Morgan fingerprint density at radius 1 is 1.32 bits per heavy atom. The van der Waals surface area contributed by atoms with Gasteiger partial charge < -0.3 is 9.15 Å². The molecule has 0 fully saturated rings. The lowest BCUT2D eigenvalue weighted by Gasteiger charge is -2.16. The lowest BCUT2D eigenvalue weighted by atomic mass is 9.90. The minimum Gasteiger partial charge on any atom is -0.451 e. The Morgan fingerprint density at radius 2 is 2.16 bits per heavy atom. The number of aryl methyl sites for hydroxylation is 1. The minimum absolute atomic E-state index is 0.0162. The Kier molecular flexibility index (Phi) is 4.36. The molecule has 0 N–H and O–H groups in total. The van der Waals surface area contributed by atoms with Gasteiger partial charge in [0.2, 0.25) is 5.89 Å². The van der Waals surface area contributed by atoms with Crippen LogP contribution < -0.4 is 0 Å². The highest BCUT2D eigenvalue weighted by atomic mass is 32.1. The Morgan fingerprint density at radius 3 is 3.00 bits per heavy atom. The summed E-state index contributed by atoms with van der Waals surface area (Å²) in [5.41, 5.74) is 2.13. The van der Waals surface area contributed by atoms with Crippen LogP contribution in [-0.4, -0.2) is 16.2 Å². The van der Waals surface area contributed by atoms with Crippen molar-refractivity contribution in [1.82, 2.24) is 10.2 Å². The van der Waals surface area contributed by atoms with Gasteiger partial charge in [-0.15, -0.1) is 21.5 Å². The Bertz CT molecular complexity index is 885. The summed E-state index contributed by atoms with van der Waals surface area (Å²) in [7, 11) is 0. The van der Waals surface area contributed by atoms with Crippen LogP contribution >= 0.6 is 11.3 Å². The van der Waals surface area contributed by atoms with Gasteiger partial charge in [-0.3, -0.25) is 0 Å². The number of esters is 1. The van der Waals surface area contributed by atoms with Crippen molar-refractivity contribution in [2.24, 2.45) is 5.92 Å². The number of fused-ring (bicyclic) bond motifs is 1. The largest absolute Gasteiger partial charge is 0.451 e. The van der Waals surface area contributed by atoms with E-state index in [1.807, 2.05) is 36.4 Å². The summed E-state index contributed by atoms with van der Waals surface area (Å²) in [6.45, 7) is 2.23. The lowest BCUT2D eigenvalue weighted by molar-refractivity contribution is 0.0444. The molecular weight excluding hydrogens is 336 g/mol. The number of aromatic nitrogens is 2. The summed E-state index contributed by atoms with van der Waals surface area (Å²) >= 11 is 1.54. The smallest absolute Gasteiger partial charge is 0.348 e. The topological polar surface area (TPSA) is 65.2 Å². The zero-order chi connectivity index (χ0) is 17.2. The van der Waals surface area contributed by atoms with Crippen LogP contribution in [0.1, 0.15) is 39.3 Å². The summed E-state index contributed by atoms with van der Waals surface area (Å²) in [6.07, 6.45) is 3.29. The fraction of sp³-hybridized carbons (Fsp3) is 0.316. The zero-order valence-electron chi connectivity index (χ0n) is 13.9. The number of hydrogen-bond acceptors (Lipinski definition) is 6. The van der Waals surface area contributed by atoms with Gasteiger partial charge in [0.1, 0.15) is 4.88 Å². The van der Waals surface area contributed by atoms with E-state index in [1.165, 1.54) is 16.9 Å². The third-order valence-electron chi connectivity index (χ3n) is 4.34. The van der Waals surface area contributed by atoms with Crippen molar-refractivity contribution in [2.45, 2.75) is 32.8 Å². The van der Waals surface area contributed by atoms with E-state index < -0.39 is 0 Å². The molecule has 25 heavy (non-hydrogen) atoms. The van der Waals surface area contributed by atoms with Gasteiger partial charge in [-0.2, -0.15) is 0 Å².